The van der Waals surface area contributed by atoms with Gasteiger partial charge in [-0.05, 0) is 6.07 Å². The van der Waals surface area contributed by atoms with Gasteiger partial charge in [0.25, 0.3) is 0 Å². The third-order valence-corrected chi connectivity index (χ3v) is 2.31. The Morgan fingerprint density at radius 2 is 2.00 bits per heavy atom. The maximum absolute atomic E-state index is 12.5. The van der Waals surface area contributed by atoms with E-state index in [2.05, 4.69) is 10.1 Å². The molecule has 0 saturated heterocycles. The fourth-order valence-electron chi connectivity index (χ4n) is 1.21. The van der Waals surface area contributed by atoms with E-state index in [9.17, 15) is 13.2 Å². The van der Waals surface area contributed by atoms with Gasteiger partial charge in [0.05, 0.1) is 17.3 Å². The molecule has 2 N–H and O–H groups in total. The lowest BCUT2D eigenvalue weighted by Gasteiger charge is -2.08. The van der Waals surface area contributed by atoms with Gasteiger partial charge >= 0.3 is 6.18 Å². The molecule has 0 aliphatic rings. The van der Waals surface area contributed by atoms with Crippen molar-refractivity contribution in [3.63, 3.8) is 0 Å². The molecule has 0 fully saturated rings. The van der Waals surface area contributed by atoms with Crippen molar-refractivity contribution in [2.45, 2.75) is 6.18 Å². The van der Waals surface area contributed by atoms with Gasteiger partial charge in [-0.2, -0.15) is 13.2 Å². The van der Waals surface area contributed by atoms with Crippen LogP contribution in [0.15, 0.2) is 23.0 Å². The van der Waals surface area contributed by atoms with Crippen molar-refractivity contribution in [3.05, 3.63) is 29.2 Å². The first-order valence-electron chi connectivity index (χ1n) is 4.33. The zero-order valence-corrected chi connectivity index (χ0v) is 8.88. The maximum atomic E-state index is 12.5. The molecule has 0 unspecified atom stereocenters. The molecule has 2 heterocycles. The molecule has 0 aromatic carbocycles. The maximum Gasteiger partial charge on any atom is 0.417 e. The minimum Gasteiger partial charge on any atom is -0.394 e. The Hall–Kier alpha value is -1.76. The molecule has 0 saturated carbocycles. The predicted octanol–water partition coefficient (Wildman–Crippen LogP) is 2.99. The van der Waals surface area contributed by atoms with Gasteiger partial charge in [-0.25, -0.2) is 4.98 Å². The second-order valence-electron chi connectivity index (χ2n) is 3.17. The van der Waals surface area contributed by atoms with E-state index in [1.54, 1.807) is 0 Å². The van der Waals surface area contributed by atoms with Gasteiger partial charge in [-0.15, -0.1) is 0 Å². The minimum absolute atomic E-state index is 0.0337. The van der Waals surface area contributed by atoms with E-state index in [1.165, 1.54) is 6.20 Å². The minimum atomic E-state index is -4.51. The number of hydrogen-bond donors (Lipinski definition) is 1. The Morgan fingerprint density at radius 1 is 1.29 bits per heavy atom. The molecule has 0 atom stereocenters. The predicted molar refractivity (Wildman–Crippen MR) is 54.2 cm³/mol. The molecule has 90 valence electrons. The standard InChI is InChI=1S/C9H5ClF3N3O/c10-8-5(7-6(14)3-16-17-7)1-4(2-15-8)9(11,12)13/h1-3H,14H2. The Kier molecular flexibility index (Phi) is 2.70. The molecular weight excluding hydrogens is 259 g/mol. The van der Waals surface area contributed by atoms with Gasteiger partial charge in [0.2, 0.25) is 0 Å². The summed E-state index contributed by atoms with van der Waals surface area (Å²) < 4.78 is 42.2. The molecule has 2 rings (SSSR count). The van der Waals surface area contributed by atoms with Crippen LogP contribution in [-0.4, -0.2) is 10.1 Å². The molecule has 0 amide bonds. The van der Waals surface area contributed by atoms with Gasteiger partial charge in [-0.1, -0.05) is 16.8 Å². The van der Waals surface area contributed by atoms with E-state index >= 15 is 0 Å². The Morgan fingerprint density at radius 3 is 2.53 bits per heavy atom. The molecule has 4 nitrogen and oxygen atoms in total. The highest BCUT2D eigenvalue weighted by Gasteiger charge is 2.32. The smallest absolute Gasteiger partial charge is 0.394 e. The largest absolute Gasteiger partial charge is 0.417 e. The van der Waals surface area contributed by atoms with Gasteiger partial charge in [-0.3, -0.25) is 0 Å². The van der Waals surface area contributed by atoms with E-state index < -0.39 is 11.7 Å². The van der Waals surface area contributed by atoms with Crippen molar-refractivity contribution in [2.24, 2.45) is 0 Å². The normalized spacial score (nSPS) is 11.8. The summed E-state index contributed by atoms with van der Waals surface area (Å²) in [4.78, 5) is 3.44. The van der Waals surface area contributed by atoms with Crippen molar-refractivity contribution in [2.75, 3.05) is 5.73 Å². The number of hydrogen-bond acceptors (Lipinski definition) is 4. The van der Waals surface area contributed by atoms with Gasteiger partial charge in [0, 0.05) is 6.20 Å². The first-order valence-corrected chi connectivity index (χ1v) is 4.70. The van der Waals surface area contributed by atoms with E-state index in [-0.39, 0.29) is 22.2 Å². The van der Waals surface area contributed by atoms with Crippen molar-refractivity contribution in [1.29, 1.82) is 0 Å². The number of anilines is 1. The number of nitrogen functional groups attached to an aromatic ring is 1. The number of nitrogens with two attached hydrogens (primary N) is 1. The zero-order chi connectivity index (χ0) is 12.6. The van der Waals surface area contributed by atoms with Crippen LogP contribution < -0.4 is 5.73 Å². The van der Waals surface area contributed by atoms with E-state index in [0.29, 0.717) is 6.20 Å². The Labute approximate surface area is 98.2 Å². The highest BCUT2D eigenvalue weighted by molar-refractivity contribution is 6.32. The topological polar surface area (TPSA) is 64.9 Å². The zero-order valence-electron chi connectivity index (χ0n) is 8.12. The molecule has 17 heavy (non-hydrogen) atoms. The second kappa shape index (κ2) is 3.92. The number of pyridine rings is 1. The van der Waals surface area contributed by atoms with Crippen LogP contribution in [0.1, 0.15) is 5.56 Å². The van der Waals surface area contributed by atoms with Gasteiger partial charge < -0.3 is 10.3 Å². The fourth-order valence-corrected chi connectivity index (χ4v) is 1.40. The molecule has 8 heteroatoms. The summed E-state index contributed by atoms with van der Waals surface area (Å²) in [6.45, 7) is 0. The quantitative estimate of drug-likeness (QED) is 0.803. The number of rotatable bonds is 1. The van der Waals surface area contributed by atoms with Crippen molar-refractivity contribution in [3.8, 4) is 11.3 Å². The van der Waals surface area contributed by atoms with Crippen LogP contribution in [0.2, 0.25) is 5.15 Å². The summed E-state index contributed by atoms with van der Waals surface area (Å²) in [5.41, 5.74) is 4.59. The van der Waals surface area contributed by atoms with Crippen LogP contribution in [0.25, 0.3) is 11.3 Å². The number of alkyl halides is 3. The SMILES string of the molecule is Nc1cnoc1-c1cc(C(F)(F)F)cnc1Cl. The van der Waals surface area contributed by atoms with Crippen LogP contribution in [-0.2, 0) is 6.18 Å². The van der Waals surface area contributed by atoms with Crippen LogP contribution in [0.5, 0.6) is 0 Å². The Bertz CT molecular complexity index is 553. The molecule has 0 aliphatic heterocycles. The lowest BCUT2D eigenvalue weighted by Crippen LogP contribution is -2.06. The third-order valence-electron chi connectivity index (χ3n) is 2.01. The lowest BCUT2D eigenvalue weighted by atomic mass is 10.1. The third kappa shape index (κ3) is 2.19. The van der Waals surface area contributed by atoms with Crippen molar-refractivity contribution < 1.29 is 17.7 Å². The first kappa shape index (κ1) is 11.7. The van der Waals surface area contributed by atoms with E-state index in [0.717, 1.165) is 6.07 Å². The van der Waals surface area contributed by atoms with Gasteiger partial charge in [0.1, 0.15) is 10.8 Å². The second-order valence-corrected chi connectivity index (χ2v) is 3.53. The fraction of sp³-hybridized carbons (Fsp3) is 0.111. The molecule has 2 aromatic rings. The average Bonchev–Trinajstić information content (AvgIpc) is 2.63. The molecule has 0 spiro atoms. The molecule has 0 bridgehead atoms. The molecule has 2 aromatic heterocycles. The van der Waals surface area contributed by atoms with Crippen LogP contribution in [0.3, 0.4) is 0 Å². The Balaban J connectivity index is 2.58. The summed E-state index contributed by atoms with van der Waals surface area (Å²) in [6.07, 6.45) is -2.70. The highest BCUT2D eigenvalue weighted by atomic mass is 35.5. The monoisotopic (exact) mass is 263 g/mol. The van der Waals surface area contributed by atoms with Gasteiger partial charge in [0.15, 0.2) is 5.76 Å². The number of aromatic nitrogens is 2. The van der Waals surface area contributed by atoms with Crippen molar-refractivity contribution >= 4 is 17.3 Å². The van der Waals surface area contributed by atoms with Crippen molar-refractivity contribution in [1.82, 2.24) is 10.1 Å². The lowest BCUT2D eigenvalue weighted by molar-refractivity contribution is -0.137. The first-order chi connectivity index (χ1) is 7.89. The number of halogens is 4. The van der Waals surface area contributed by atoms with E-state index in [1.807, 2.05) is 0 Å². The van der Waals surface area contributed by atoms with E-state index in [4.69, 9.17) is 21.9 Å². The highest BCUT2D eigenvalue weighted by Crippen LogP contribution is 2.36. The average molecular weight is 264 g/mol. The summed E-state index contributed by atoms with van der Waals surface area (Å²) in [5.74, 6) is -0.0337. The molecular formula is C9H5ClF3N3O. The van der Waals surface area contributed by atoms with Crippen LogP contribution in [0.4, 0.5) is 18.9 Å². The van der Waals surface area contributed by atoms with Crippen LogP contribution >= 0.6 is 11.6 Å². The molecule has 0 aliphatic carbocycles. The summed E-state index contributed by atoms with van der Waals surface area (Å²) in [5, 5.41) is 3.23. The number of nitrogens with zero attached hydrogens (tertiary/aromatic N) is 2. The summed E-state index contributed by atoms with van der Waals surface area (Å²) in [7, 11) is 0. The summed E-state index contributed by atoms with van der Waals surface area (Å²) >= 11 is 5.69. The van der Waals surface area contributed by atoms with Crippen LogP contribution in [0, 0.1) is 0 Å². The molecule has 0 radical (unpaired) electrons. The summed E-state index contributed by atoms with van der Waals surface area (Å²) in [6, 6.07) is 0.812.